The second-order valence-electron chi connectivity index (χ2n) is 5.85. The van der Waals surface area contributed by atoms with Crippen LogP contribution in [0.25, 0.3) is 33.7 Å². The number of hydrogen-bond donors (Lipinski definition) is 1. The van der Waals surface area contributed by atoms with Crippen molar-refractivity contribution in [3.63, 3.8) is 0 Å². The molecule has 0 spiro atoms. The largest absolute Gasteiger partial charge is 0.507 e. The summed E-state index contributed by atoms with van der Waals surface area (Å²) in [4.78, 5) is 26.6. The summed E-state index contributed by atoms with van der Waals surface area (Å²) in [7, 11) is 0. The first-order valence-electron chi connectivity index (χ1n) is 8.01. The van der Waals surface area contributed by atoms with Gasteiger partial charge in [0.05, 0.1) is 4.92 Å². The molecule has 0 saturated heterocycles. The van der Waals surface area contributed by atoms with Crippen LogP contribution in [0.1, 0.15) is 11.3 Å². The summed E-state index contributed by atoms with van der Waals surface area (Å²) in [6, 6.07) is 16.7. The molecule has 0 saturated carbocycles. The number of nitrogens with zero attached hydrogens (tertiary/aromatic N) is 2. The van der Waals surface area contributed by atoms with E-state index >= 15 is 0 Å². The number of aliphatic hydroxyl groups is 1. The van der Waals surface area contributed by atoms with Gasteiger partial charge in [-0.05, 0) is 16.8 Å². The molecule has 1 N–H and O–H groups in total. The van der Waals surface area contributed by atoms with Gasteiger partial charge in [0.25, 0.3) is 5.69 Å². The van der Waals surface area contributed by atoms with E-state index in [2.05, 4.69) is 4.98 Å². The highest BCUT2D eigenvalue weighted by Crippen LogP contribution is 2.25. The van der Waals surface area contributed by atoms with Gasteiger partial charge in [0.15, 0.2) is 11.3 Å². The summed E-state index contributed by atoms with van der Waals surface area (Å²) in [5, 5.41) is 23.2. The minimum Gasteiger partial charge on any atom is -0.507 e. The van der Waals surface area contributed by atoms with E-state index in [1.165, 1.54) is 24.3 Å². The first-order valence-corrected chi connectivity index (χ1v) is 8.01. The predicted molar refractivity (Wildman–Crippen MR) is 101 cm³/mol. The molecular formula is C20H12N2O5. The minimum atomic E-state index is -0.747. The van der Waals surface area contributed by atoms with Gasteiger partial charge in [-0.25, -0.2) is 9.78 Å². The molecule has 0 radical (unpaired) electrons. The van der Waals surface area contributed by atoms with Crippen molar-refractivity contribution >= 4 is 39.4 Å². The van der Waals surface area contributed by atoms with Crippen LogP contribution in [-0.2, 0) is 0 Å². The molecule has 132 valence electrons. The normalized spacial score (nSPS) is 11.8. The number of hydrogen-bond acceptors (Lipinski definition) is 6. The number of fused-ring (bicyclic) bond motifs is 2. The van der Waals surface area contributed by atoms with E-state index < -0.39 is 10.5 Å². The number of aromatic nitrogens is 1. The van der Waals surface area contributed by atoms with Crippen LogP contribution in [0.2, 0.25) is 0 Å². The molecule has 0 amide bonds. The SMILES string of the molecule is O=c1oc2ccc([N+](=O)[O-])cc2nc1C=C(O)c1cccc2ccccc12. The summed E-state index contributed by atoms with van der Waals surface area (Å²) >= 11 is 0. The molecule has 4 rings (SSSR count). The fourth-order valence-electron chi connectivity index (χ4n) is 2.87. The highest BCUT2D eigenvalue weighted by Gasteiger charge is 2.12. The fourth-order valence-corrected chi connectivity index (χ4v) is 2.87. The number of rotatable bonds is 3. The van der Waals surface area contributed by atoms with Gasteiger partial charge in [0, 0.05) is 23.8 Å². The van der Waals surface area contributed by atoms with Crippen molar-refractivity contribution < 1.29 is 14.4 Å². The highest BCUT2D eigenvalue weighted by atomic mass is 16.6. The van der Waals surface area contributed by atoms with E-state index in [4.69, 9.17) is 4.42 Å². The first kappa shape index (κ1) is 16.5. The van der Waals surface area contributed by atoms with Gasteiger partial charge in [-0.1, -0.05) is 42.5 Å². The average molecular weight is 360 g/mol. The lowest BCUT2D eigenvalue weighted by Gasteiger charge is -2.05. The van der Waals surface area contributed by atoms with Gasteiger partial charge in [0.2, 0.25) is 0 Å². The summed E-state index contributed by atoms with van der Waals surface area (Å²) < 4.78 is 5.16. The Bertz CT molecular complexity index is 1290. The molecule has 0 aliphatic carbocycles. The maximum atomic E-state index is 12.2. The molecule has 0 bridgehead atoms. The zero-order valence-electron chi connectivity index (χ0n) is 13.8. The van der Waals surface area contributed by atoms with Crippen LogP contribution in [0.5, 0.6) is 0 Å². The molecule has 0 aliphatic heterocycles. The Morgan fingerprint density at radius 1 is 1.11 bits per heavy atom. The van der Waals surface area contributed by atoms with E-state index in [0.717, 1.165) is 10.8 Å². The summed E-state index contributed by atoms with van der Waals surface area (Å²) in [5.74, 6) is -0.156. The monoisotopic (exact) mass is 360 g/mol. The van der Waals surface area contributed by atoms with Crippen LogP contribution in [0.4, 0.5) is 5.69 Å². The first-order chi connectivity index (χ1) is 13.0. The summed E-state index contributed by atoms with van der Waals surface area (Å²) in [6.07, 6.45) is 1.20. The third kappa shape index (κ3) is 3.02. The molecule has 1 aromatic heterocycles. The van der Waals surface area contributed by atoms with Gasteiger partial charge in [-0.2, -0.15) is 0 Å². The number of benzene rings is 3. The van der Waals surface area contributed by atoms with Gasteiger partial charge >= 0.3 is 5.63 Å². The number of aliphatic hydroxyl groups excluding tert-OH is 1. The van der Waals surface area contributed by atoms with E-state index in [1.54, 1.807) is 12.1 Å². The van der Waals surface area contributed by atoms with Crippen molar-refractivity contribution in [3.8, 4) is 0 Å². The van der Waals surface area contributed by atoms with Crippen molar-refractivity contribution in [1.82, 2.24) is 4.98 Å². The van der Waals surface area contributed by atoms with Crippen LogP contribution in [-0.4, -0.2) is 15.0 Å². The number of nitro benzene ring substituents is 1. The Hall–Kier alpha value is -4.00. The van der Waals surface area contributed by atoms with Crippen LogP contribution in [0.15, 0.2) is 69.9 Å². The zero-order chi connectivity index (χ0) is 19.0. The fraction of sp³-hybridized carbons (Fsp3) is 0. The third-order valence-electron chi connectivity index (χ3n) is 4.15. The zero-order valence-corrected chi connectivity index (χ0v) is 13.8. The Balaban J connectivity index is 1.87. The van der Waals surface area contributed by atoms with Gasteiger partial charge in [-0.15, -0.1) is 0 Å². The van der Waals surface area contributed by atoms with Crippen molar-refractivity contribution in [2.75, 3.05) is 0 Å². The Labute approximate surface area is 152 Å². The maximum absolute atomic E-state index is 12.2. The number of nitro groups is 1. The standard InChI is InChI=1S/C20H12N2O5/c23-18(15-7-3-5-12-4-1-2-6-14(12)15)11-17-20(24)27-19-9-8-13(22(25)26)10-16(19)21-17/h1-11,23H. The summed E-state index contributed by atoms with van der Waals surface area (Å²) in [5.41, 5.74) is -0.241. The van der Waals surface area contributed by atoms with E-state index in [0.29, 0.717) is 5.56 Å². The predicted octanol–water partition coefficient (Wildman–Crippen LogP) is 4.31. The van der Waals surface area contributed by atoms with Crippen LogP contribution in [0, 0.1) is 10.1 Å². The second kappa shape index (κ2) is 6.38. The molecule has 0 aliphatic rings. The highest BCUT2D eigenvalue weighted by molar-refractivity contribution is 5.95. The maximum Gasteiger partial charge on any atom is 0.362 e. The summed E-state index contributed by atoms with van der Waals surface area (Å²) in [6.45, 7) is 0. The molecule has 7 heteroatoms. The average Bonchev–Trinajstić information content (AvgIpc) is 2.67. The Morgan fingerprint density at radius 3 is 2.70 bits per heavy atom. The molecule has 4 aromatic rings. The quantitative estimate of drug-likeness (QED) is 0.331. The minimum absolute atomic E-state index is 0.132. The second-order valence-corrected chi connectivity index (χ2v) is 5.85. The van der Waals surface area contributed by atoms with Gasteiger partial charge in [0.1, 0.15) is 11.3 Å². The van der Waals surface area contributed by atoms with Crippen LogP contribution >= 0.6 is 0 Å². The van der Waals surface area contributed by atoms with Gasteiger partial charge in [-0.3, -0.25) is 10.1 Å². The van der Waals surface area contributed by atoms with Gasteiger partial charge < -0.3 is 9.52 Å². The molecule has 0 unspecified atom stereocenters. The van der Waals surface area contributed by atoms with Crippen molar-refractivity contribution in [1.29, 1.82) is 0 Å². The van der Waals surface area contributed by atoms with Crippen molar-refractivity contribution in [2.45, 2.75) is 0 Å². The van der Waals surface area contributed by atoms with E-state index in [-0.39, 0.29) is 28.2 Å². The Morgan fingerprint density at radius 2 is 1.89 bits per heavy atom. The third-order valence-corrected chi connectivity index (χ3v) is 4.15. The number of non-ortho nitro benzene ring substituents is 1. The lowest BCUT2D eigenvalue weighted by Crippen LogP contribution is -2.07. The van der Waals surface area contributed by atoms with Crippen molar-refractivity contribution in [3.05, 3.63) is 92.5 Å². The topological polar surface area (TPSA) is 106 Å². The smallest absolute Gasteiger partial charge is 0.362 e. The molecule has 27 heavy (non-hydrogen) atoms. The van der Waals surface area contributed by atoms with Crippen molar-refractivity contribution in [2.24, 2.45) is 0 Å². The Kier molecular flexibility index (Phi) is 3.89. The molecule has 0 fully saturated rings. The molecule has 3 aromatic carbocycles. The molecule has 7 nitrogen and oxygen atoms in total. The molecule has 1 heterocycles. The van der Waals surface area contributed by atoms with E-state index in [1.807, 2.05) is 30.3 Å². The lowest BCUT2D eigenvalue weighted by molar-refractivity contribution is -0.384. The molecule has 0 atom stereocenters. The van der Waals surface area contributed by atoms with Crippen LogP contribution < -0.4 is 5.63 Å². The van der Waals surface area contributed by atoms with E-state index in [9.17, 15) is 20.0 Å². The lowest BCUT2D eigenvalue weighted by atomic mass is 10.0. The van der Waals surface area contributed by atoms with Crippen LogP contribution in [0.3, 0.4) is 0 Å². The molecular weight excluding hydrogens is 348 g/mol.